The van der Waals surface area contributed by atoms with Crippen LogP contribution in [-0.4, -0.2) is 36.7 Å². The molecule has 0 aliphatic rings. The van der Waals surface area contributed by atoms with E-state index in [4.69, 9.17) is 4.74 Å². The lowest BCUT2D eigenvalue weighted by molar-refractivity contribution is -0.273. The zero-order valence-electron chi connectivity index (χ0n) is 20.0. The minimum atomic E-state index is -5.11. The Bertz CT molecular complexity index is 1190. The van der Waals surface area contributed by atoms with Gasteiger partial charge in [0.05, 0.1) is 7.11 Å². The Kier molecular flexibility index (Phi) is 9.10. The maximum absolute atomic E-state index is 13.9. The Morgan fingerprint density at radius 3 is 2.08 bits per heavy atom. The smallest absolute Gasteiger partial charge is 0.461 e. The molecule has 3 rings (SSSR count). The van der Waals surface area contributed by atoms with Crippen LogP contribution in [0.15, 0.2) is 72.8 Å². The number of anilines is 1. The Labute approximate surface area is 214 Å². The molecule has 0 bridgehead atoms. The summed E-state index contributed by atoms with van der Waals surface area (Å²) in [5.41, 5.74) is -1.81. The summed E-state index contributed by atoms with van der Waals surface area (Å²) >= 11 is 0. The second-order valence-electron chi connectivity index (χ2n) is 8.40. The topological polar surface area (TPSA) is 62.8 Å². The van der Waals surface area contributed by atoms with Crippen molar-refractivity contribution in [3.05, 3.63) is 89.5 Å². The van der Waals surface area contributed by atoms with E-state index in [0.717, 1.165) is 23.8 Å². The fraction of sp³-hybridized carbons (Fsp3) is 0.308. The second kappa shape index (κ2) is 11.9. The normalized spacial score (nSPS) is 13.7. The number of hydrogen-bond donors (Lipinski definition) is 3. The highest BCUT2D eigenvalue weighted by Crippen LogP contribution is 2.33. The van der Waals surface area contributed by atoms with Crippen molar-refractivity contribution < 1.29 is 45.3 Å². The van der Waals surface area contributed by atoms with Crippen molar-refractivity contribution in [1.82, 2.24) is 5.32 Å². The van der Waals surface area contributed by atoms with Crippen molar-refractivity contribution in [3.63, 3.8) is 0 Å². The van der Waals surface area contributed by atoms with Gasteiger partial charge in [0.1, 0.15) is 11.5 Å². The molecule has 0 aromatic heterocycles. The maximum Gasteiger partial charge on any atom is 0.461 e. The summed E-state index contributed by atoms with van der Waals surface area (Å²) in [4.78, 5) is 0. The Balaban J connectivity index is 1.69. The molecule has 0 radical (unpaired) electrons. The lowest BCUT2D eigenvalue weighted by Crippen LogP contribution is -2.58. The van der Waals surface area contributed by atoms with Gasteiger partial charge in [0, 0.05) is 25.2 Å². The fourth-order valence-electron chi connectivity index (χ4n) is 3.47. The third kappa shape index (κ3) is 7.75. The second-order valence-corrected chi connectivity index (χ2v) is 8.40. The van der Waals surface area contributed by atoms with Gasteiger partial charge in [-0.25, -0.2) is 0 Å². The predicted molar refractivity (Wildman–Crippen MR) is 126 cm³/mol. The number of alkyl halides is 7. The van der Waals surface area contributed by atoms with E-state index in [1.807, 2.05) is 17.4 Å². The molecule has 3 N–H and O–H groups in total. The van der Waals surface area contributed by atoms with Crippen molar-refractivity contribution in [2.45, 2.75) is 43.9 Å². The van der Waals surface area contributed by atoms with Crippen LogP contribution in [-0.2, 0) is 19.5 Å². The summed E-state index contributed by atoms with van der Waals surface area (Å²) in [6, 6.07) is 17.5. The molecule has 0 amide bonds. The van der Waals surface area contributed by atoms with E-state index in [0.29, 0.717) is 18.0 Å². The van der Waals surface area contributed by atoms with Gasteiger partial charge in [-0.2, -0.15) is 30.7 Å². The minimum absolute atomic E-state index is 0.00912. The number of methoxy groups -OCH3 is 1. The zero-order chi connectivity index (χ0) is 28.0. The van der Waals surface area contributed by atoms with Crippen molar-refractivity contribution in [2.24, 2.45) is 0 Å². The molecule has 3 aromatic carbocycles. The predicted octanol–water partition coefficient (Wildman–Crippen LogP) is 6.13. The van der Waals surface area contributed by atoms with Crippen molar-refractivity contribution in [2.75, 3.05) is 12.4 Å². The number of ether oxygens (including phenoxy) is 2. The average Bonchev–Trinajstić information content (AvgIpc) is 2.86. The maximum atomic E-state index is 13.9. The van der Waals surface area contributed by atoms with Crippen LogP contribution in [0, 0.1) is 0 Å². The first-order chi connectivity index (χ1) is 17.8. The number of hydrogen-bond acceptors (Lipinski definition) is 5. The SMILES string of the molecule is COc1ccc(CNc2cccc(CC(O)(NCc3cccc(OC(F)(F)C(F)F)c3)C(F)(F)F)c2)cc1. The molecule has 0 saturated carbocycles. The zero-order valence-corrected chi connectivity index (χ0v) is 20.0. The molecular formula is C26H25F7N2O3. The minimum Gasteiger partial charge on any atom is -0.497 e. The summed E-state index contributed by atoms with van der Waals surface area (Å²) in [5, 5.41) is 15.6. The quantitative estimate of drug-likeness (QED) is 0.189. The first kappa shape index (κ1) is 29.1. The summed E-state index contributed by atoms with van der Waals surface area (Å²) in [6.07, 6.45) is -14.9. The molecule has 206 valence electrons. The first-order valence-corrected chi connectivity index (χ1v) is 11.2. The molecule has 5 nitrogen and oxygen atoms in total. The molecular weight excluding hydrogens is 521 g/mol. The molecule has 38 heavy (non-hydrogen) atoms. The highest BCUT2D eigenvalue weighted by molar-refractivity contribution is 5.47. The van der Waals surface area contributed by atoms with Gasteiger partial charge in [0.25, 0.3) is 0 Å². The molecule has 0 aliphatic heterocycles. The van der Waals surface area contributed by atoms with E-state index < -0.39 is 43.2 Å². The largest absolute Gasteiger partial charge is 0.497 e. The standard InChI is InChI=1S/C26H25F7N2O3/c1-37-21-10-8-17(9-11-21)15-34-20-6-2-4-18(12-20)14-24(36,26(31,32)33)35-16-19-5-3-7-22(13-19)38-25(29,30)23(27)28/h2-13,23,34-36H,14-16H2,1H3. The molecule has 3 aromatic rings. The molecule has 12 heteroatoms. The van der Waals surface area contributed by atoms with Gasteiger partial charge in [-0.1, -0.05) is 36.4 Å². The highest BCUT2D eigenvalue weighted by Gasteiger charge is 2.53. The van der Waals surface area contributed by atoms with E-state index in [1.165, 1.54) is 24.3 Å². The molecule has 0 saturated heterocycles. The van der Waals surface area contributed by atoms with Crippen LogP contribution in [0.1, 0.15) is 16.7 Å². The van der Waals surface area contributed by atoms with Gasteiger partial charge in [-0.05, 0) is 53.1 Å². The number of rotatable bonds is 12. The van der Waals surface area contributed by atoms with Gasteiger partial charge < -0.3 is 19.9 Å². The molecule has 0 spiro atoms. The highest BCUT2D eigenvalue weighted by atomic mass is 19.4. The Hall–Kier alpha value is -3.51. The molecule has 1 atom stereocenters. The summed E-state index contributed by atoms with van der Waals surface area (Å²) in [6.45, 7) is -0.235. The Morgan fingerprint density at radius 2 is 1.45 bits per heavy atom. The summed E-state index contributed by atoms with van der Waals surface area (Å²) in [7, 11) is 1.54. The molecule has 0 fully saturated rings. The third-order valence-electron chi connectivity index (χ3n) is 5.50. The van der Waals surface area contributed by atoms with Crippen molar-refractivity contribution >= 4 is 5.69 Å². The molecule has 0 aliphatic carbocycles. The van der Waals surface area contributed by atoms with E-state index in [-0.39, 0.29) is 11.1 Å². The summed E-state index contributed by atoms with van der Waals surface area (Å²) < 4.78 is 102. The lowest BCUT2D eigenvalue weighted by Gasteiger charge is -2.32. The molecule has 1 unspecified atom stereocenters. The van der Waals surface area contributed by atoms with Gasteiger partial charge >= 0.3 is 18.7 Å². The fourth-order valence-corrected chi connectivity index (χ4v) is 3.47. The lowest BCUT2D eigenvalue weighted by atomic mass is 10.0. The first-order valence-electron chi connectivity index (χ1n) is 11.2. The van der Waals surface area contributed by atoms with E-state index in [2.05, 4.69) is 10.1 Å². The van der Waals surface area contributed by atoms with Gasteiger partial charge in [0.2, 0.25) is 5.72 Å². The van der Waals surface area contributed by atoms with Gasteiger partial charge in [-0.3, -0.25) is 5.32 Å². The van der Waals surface area contributed by atoms with E-state index in [9.17, 15) is 35.8 Å². The van der Waals surface area contributed by atoms with E-state index >= 15 is 0 Å². The third-order valence-corrected chi connectivity index (χ3v) is 5.50. The van der Waals surface area contributed by atoms with Crippen LogP contribution in [0.25, 0.3) is 0 Å². The molecule has 0 heterocycles. The number of aliphatic hydroxyl groups is 1. The van der Waals surface area contributed by atoms with Crippen LogP contribution >= 0.6 is 0 Å². The van der Waals surface area contributed by atoms with Crippen LogP contribution in [0.2, 0.25) is 0 Å². The van der Waals surface area contributed by atoms with Crippen molar-refractivity contribution in [3.8, 4) is 11.5 Å². The summed E-state index contributed by atoms with van der Waals surface area (Å²) in [5.74, 6) is 0.0146. The van der Waals surface area contributed by atoms with Crippen LogP contribution < -0.4 is 20.1 Å². The Morgan fingerprint density at radius 1 is 0.789 bits per heavy atom. The van der Waals surface area contributed by atoms with Gasteiger partial charge in [0.15, 0.2) is 0 Å². The average molecular weight is 546 g/mol. The van der Waals surface area contributed by atoms with Gasteiger partial charge in [-0.15, -0.1) is 0 Å². The monoisotopic (exact) mass is 546 g/mol. The number of halogens is 7. The van der Waals surface area contributed by atoms with Crippen LogP contribution in [0.3, 0.4) is 0 Å². The number of nitrogens with one attached hydrogen (secondary N) is 2. The van der Waals surface area contributed by atoms with Crippen LogP contribution in [0.5, 0.6) is 11.5 Å². The van der Waals surface area contributed by atoms with Crippen LogP contribution in [0.4, 0.5) is 36.4 Å². The van der Waals surface area contributed by atoms with Crippen molar-refractivity contribution in [1.29, 1.82) is 0 Å². The van der Waals surface area contributed by atoms with E-state index in [1.54, 1.807) is 25.3 Å². The number of benzene rings is 3.